The van der Waals surface area contributed by atoms with Crippen LogP contribution in [0.3, 0.4) is 0 Å². The highest BCUT2D eigenvalue weighted by Gasteiger charge is 2.63. The molecule has 1 aliphatic carbocycles. The minimum atomic E-state index is -4.25. The van der Waals surface area contributed by atoms with Crippen LogP contribution >= 0.6 is 0 Å². The zero-order valence-corrected chi connectivity index (χ0v) is 10.4. The summed E-state index contributed by atoms with van der Waals surface area (Å²) in [7, 11) is 1.96. The minimum Gasteiger partial charge on any atom is -0.339 e. The molecule has 7 heteroatoms. The zero-order valence-electron chi connectivity index (χ0n) is 10.4. The van der Waals surface area contributed by atoms with Crippen LogP contribution in [0.5, 0.6) is 0 Å². The molecule has 18 heavy (non-hydrogen) atoms. The largest absolute Gasteiger partial charge is 0.406 e. The number of rotatable bonds is 3. The van der Waals surface area contributed by atoms with Crippen molar-refractivity contribution in [1.82, 2.24) is 15.1 Å². The molecule has 1 N–H and O–H groups in total. The lowest BCUT2D eigenvalue weighted by molar-refractivity contribution is -0.166. The van der Waals surface area contributed by atoms with E-state index in [2.05, 4.69) is 10.2 Å². The Balaban J connectivity index is 1.79. The number of likely N-dealkylation sites (N-methyl/N-ethyl adjacent to an activating group) is 1. The first-order chi connectivity index (χ1) is 8.34. The average molecular weight is 265 g/mol. The quantitative estimate of drug-likeness (QED) is 0.804. The summed E-state index contributed by atoms with van der Waals surface area (Å²) < 4.78 is 37.9. The minimum absolute atomic E-state index is 0.0759. The van der Waals surface area contributed by atoms with Crippen molar-refractivity contribution in [2.45, 2.75) is 24.6 Å². The van der Waals surface area contributed by atoms with Crippen LogP contribution < -0.4 is 5.32 Å². The van der Waals surface area contributed by atoms with Gasteiger partial charge in [0.2, 0.25) is 5.91 Å². The molecule has 0 radical (unpaired) electrons. The predicted molar refractivity (Wildman–Crippen MR) is 60.1 cm³/mol. The summed E-state index contributed by atoms with van der Waals surface area (Å²) in [6.45, 7) is 2.52. The Bertz CT molecular complexity index is 320. The number of hydrogen-bond donors (Lipinski definition) is 1. The Labute approximate surface area is 104 Å². The van der Waals surface area contributed by atoms with Gasteiger partial charge in [0.15, 0.2) is 0 Å². The van der Waals surface area contributed by atoms with Crippen molar-refractivity contribution in [3.8, 4) is 0 Å². The molecule has 1 aliphatic heterocycles. The first-order valence-corrected chi connectivity index (χ1v) is 6.12. The lowest BCUT2D eigenvalue weighted by Crippen LogP contribution is -2.53. The van der Waals surface area contributed by atoms with Crippen molar-refractivity contribution in [2.24, 2.45) is 0 Å². The van der Waals surface area contributed by atoms with E-state index in [0.29, 0.717) is 13.1 Å². The monoisotopic (exact) mass is 265 g/mol. The Morgan fingerprint density at radius 1 is 1.22 bits per heavy atom. The van der Waals surface area contributed by atoms with E-state index in [1.807, 2.05) is 7.05 Å². The topological polar surface area (TPSA) is 35.6 Å². The molecule has 0 aromatic carbocycles. The van der Waals surface area contributed by atoms with E-state index in [9.17, 15) is 18.0 Å². The van der Waals surface area contributed by atoms with Crippen LogP contribution in [0.25, 0.3) is 0 Å². The molecular formula is C11H18F3N3O. The number of hydrogen-bond acceptors (Lipinski definition) is 3. The van der Waals surface area contributed by atoms with Crippen LogP contribution in [-0.2, 0) is 4.79 Å². The van der Waals surface area contributed by atoms with Gasteiger partial charge in [0.1, 0.15) is 5.54 Å². The van der Waals surface area contributed by atoms with Crippen molar-refractivity contribution in [3.63, 3.8) is 0 Å². The second kappa shape index (κ2) is 4.70. The van der Waals surface area contributed by atoms with Crippen molar-refractivity contribution >= 4 is 5.91 Å². The van der Waals surface area contributed by atoms with Crippen LogP contribution in [0.4, 0.5) is 13.2 Å². The van der Waals surface area contributed by atoms with Gasteiger partial charge in [-0.25, -0.2) is 0 Å². The summed E-state index contributed by atoms with van der Waals surface area (Å²) in [5, 5.41) is 2.39. The molecule has 1 saturated heterocycles. The highest BCUT2D eigenvalue weighted by molar-refractivity contribution is 5.78. The highest BCUT2D eigenvalue weighted by Crippen LogP contribution is 2.48. The van der Waals surface area contributed by atoms with E-state index in [-0.39, 0.29) is 25.3 Å². The van der Waals surface area contributed by atoms with Gasteiger partial charge in [-0.15, -0.1) is 0 Å². The summed E-state index contributed by atoms with van der Waals surface area (Å²) in [5.41, 5.74) is -1.80. The maximum atomic E-state index is 12.6. The van der Waals surface area contributed by atoms with Gasteiger partial charge in [-0.2, -0.15) is 13.2 Å². The molecule has 4 nitrogen and oxygen atoms in total. The molecular weight excluding hydrogens is 247 g/mol. The van der Waals surface area contributed by atoms with E-state index in [1.54, 1.807) is 4.90 Å². The molecule has 1 saturated carbocycles. The summed E-state index contributed by atoms with van der Waals surface area (Å²) in [6.07, 6.45) is -4.10. The molecule has 104 valence electrons. The van der Waals surface area contributed by atoms with Gasteiger partial charge in [0, 0.05) is 26.2 Å². The molecule has 2 aliphatic rings. The lowest BCUT2D eigenvalue weighted by atomic mass is 10.2. The normalized spacial score (nSPS) is 24.1. The molecule has 0 bridgehead atoms. The Morgan fingerprint density at radius 2 is 1.78 bits per heavy atom. The van der Waals surface area contributed by atoms with E-state index in [4.69, 9.17) is 0 Å². The van der Waals surface area contributed by atoms with Crippen molar-refractivity contribution < 1.29 is 18.0 Å². The number of carbonyl (C=O) groups excluding carboxylic acids is 1. The van der Waals surface area contributed by atoms with Crippen LogP contribution in [0.2, 0.25) is 0 Å². The number of halogens is 3. The van der Waals surface area contributed by atoms with E-state index < -0.39 is 11.7 Å². The van der Waals surface area contributed by atoms with Gasteiger partial charge in [-0.3, -0.25) is 10.1 Å². The second-order valence-corrected chi connectivity index (χ2v) is 5.12. The van der Waals surface area contributed by atoms with Crippen LogP contribution in [0.15, 0.2) is 0 Å². The number of piperazine rings is 1. The molecule has 0 aromatic rings. The Morgan fingerprint density at radius 3 is 2.22 bits per heavy atom. The molecule has 0 atom stereocenters. The first-order valence-electron chi connectivity index (χ1n) is 6.12. The van der Waals surface area contributed by atoms with E-state index in [0.717, 1.165) is 13.1 Å². The summed E-state index contributed by atoms with van der Waals surface area (Å²) in [5.74, 6) is -0.237. The van der Waals surface area contributed by atoms with Crippen LogP contribution in [0.1, 0.15) is 12.8 Å². The van der Waals surface area contributed by atoms with Gasteiger partial charge in [-0.05, 0) is 19.9 Å². The number of alkyl halides is 3. The number of carbonyl (C=O) groups is 1. The predicted octanol–water partition coefficient (Wildman–Crippen LogP) is 0.445. The van der Waals surface area contributed by atoms with E-state index >= 15 is 0 Å². The number of nitrogens with zero attached hydrogens (tertiary/aromatic N) is 2. The summed E-state index contributed by atoms with van der Waals surface area (Å²) >= 11 is 0. The molecule has 0 aromatic heterocycles. The summed E-state index contributed by atoms with van der Waals surface area (Å²) in [4.78, 5) is 15.5. The van der Waals surface area contributed by atoms with E-state index in [1.165, 1.54) is 0 Å². The fourth-order valence-corrected chi connectivity index (χ4v) is 2.10. The van der Waals surface area contributed by atoms with Gasteiger partial charge in [-0.1, -0.05) is 0 Å². The van der Waals surface area contributed by atoms with Gasteiger partial charge >= 0.3 is 6.18 Å². The fourth-order valence-electron chi connectivity index (χ4n) is 2.10. The zero-order chi connectivity index (χ0) is 13.4. The third kappa shape index (κ3) is 2.77. The maximum absolute atomic E-state index is 12.6. The second-order valence-electron chi connectivity index (χ2n) is 5.12. The lowest BCUT2D eigenvalue weighted by Gasteiger charge is -2.33. The molecule has 2 fully saturated rings. The Kier molecular flexibility index (Phi) is 3.55. The third-order valence-corrected chi connectivity index (χ3v) is 3.73. The SMILES string of the molecule is CN1CCN(C(=O)CNC2(C(F)(F)F)CC2)CC1. The molecule has 1 amide bonds. The first kappa shape index (κ1) is 13.6. The highest BCUT2D eigenvalue weighted by atomic mass is 19.4. The van der Waals surface area contributed by atoms with Crippen LogP contribution in [0, 0.1) is 0 Å². The molecule has 0 unspecified atom stereocenters. The molecule has 0 spiro atoms. The molecule has 1 heterocycles. The maximum Gasteiger partial charge on any atom is 0.406 e. The van der Waals surface area contributed by atoms with Gasteiger partial charge < -0.3 is 9.80 Å². The standard InChI is InChI=1S/C11H18F3N3O/c1-16-4-6-17(7-5-16)9(18)8-15-10(2-3-10)11(12,13)14/h15H,2-8H2,1H3. The third-order valence-electron chi connectivity index (χ3n) is 3.73. The van der Waals surface area contributed by atoms with Crippen LogP contribution in [-0.4, -0.2) is 67.2 Å². The molecule has 2 rings (SSSR count). The van der Waals surface area contributed by atoms with Gasteiger partial charge in [0.05, 0.1) is 6.54 Å². The number of amides is 1. The summed E-state index contributed by atoms with van der Waals surface area (Å²) in [6, 6.07) is 0. The number of nitrogens with one attached hydrogen (secondary N) is 1. The van der Waals surface area contributed by atoms with Gasteiger partial charge in [0.25, 0.3) is 0 Å². The smallest absolute Gasteiger partial charge is 0.339 e. The van der Waals surface area contributed by atoms with Crippen molar-refractivity contribution in [3.05, 3.63) is 0 Å². The Hall–Kier alpha value is -0.820. The van der Waals surface area contributed by atoms with Crippen molar-refractivity contribution in [1.29, 1.82) is 0 Å². The van der Waals surface area contributed by atoms with Crippen molar-refractivity contribution in [2.75, 3.05) is 39.8 Å². The fraction of sp³-hybridized carbons (Fsp3) is 0.909. The average Bonchev–Trinajstić information content (AvgIpc) is 3.07.